The predicted molar refractivity (Wildman–Crippen MR) is 100 cm³/mol. The minimum absolute atomic E-state index is 0.112. The highest BCUT2D eigenvalue weighted by Crippen LogP contribution is 2.21. The van der Waals surface area contributed by atoms with Crippen LogP contribution in [0.2, 0.25) is 0 Å². The molecule has 1 N–H and O–H groups in total. The molecular weight excluding hydrogens is 332 g/mol. The third kappa shape index (κ3) is 4.13. The molecule has 26 heavy (non-hydrogen) atoms. The predicted octanol–water partition coefficient (Wildman–Crippen LogP) is 1.15. The zero-order valence-electron chi connectivity index (χ0n) is 16.2. The van der Waals surface area contributed by atoms with E-state index in [0.29, 0.717) is 18.5 Å². The Morgan fingerprint density at radius 2 is 2.12 bits per heavy atom. The average Bonchev–Trinajstić information content (AvgIpc) is 3.16. The van der Waals surface area contributed by atoms with Crippen LogP contribution >= 0.6 is 0 Å². The van der Waals surface area contributed by atoms with Gasteiger partial charge in [-0.25, -0.2) is 4.98 Å². The molecular formula is C18H28N6O2. The second-order valence-corrected chi connectivity index (χ2v) is 7.35. The lowest BCUT2D eigenvalue weighted by Gasteiger charge is -2.24. The Labute approximate surface area is 153 Å². The molecule has 0 unspecified atom stereocenters. The molecule has 0 amide bonds. The SMILES string of the molecule is Cc1noc(C)c1CN1CC[C@@H](N(C)Cc2cc(=O)[nH]c(N(C)C)n2)C1. The summed E-state index contributed by atoms with van der Waals surface area (Å²) in [5.41, 5.74) is 2.85. The van der Waals surface area contributed by atoms with E-state index in [4.69, 9.17) is 4.52 Å². The van der Waals surface area contributed by atoms with Crippen molar-refractivity contribution < 1.29 is 4.52 Å². The van der Waals surface area contributed by atoms with E-state index in [9.17, 15) is 4.79 Å². The van der Waals surface area contributed by atoms with Crippen LogP contribution < -0.4 is 10.5 Å². The Morgan fingerprint density at radius 3 is 2.77 bits per heavy atom. The van der Waals surface area contributed by atoms with Gasteiger partial charge in [0.2, 0.25) is 5.95 Å². The lowest BCUT2D eigenvalue weighted by molar-refractivity contribution is 0.220. The standard InChI is InChI=1S/C18H28N6O2/c1-12-16(13(2)26-21-12)11-24-7-6-15(10-24)23(5)9-14-8-17(25)20-18(19-14)22(3)4/h8,15H,6-7,9-11H2,1-5H3,(H,19,20,25)/t15-/m1/s1. The largest absolute Gasteiger partial charge is 0.361 e. The van der Waals surface area contributed by atoms with Gasteiger partial charge in [-0.15, -0.1) is 0 Å². The van der Waals surface area contributed by atoms with Crippen LogP contribution in [0.1, 0.15) is 29.1 Å². The summed E-state index contributed by atoms with van der Waals surface area (Å²) in [6, 6.07) is 2.03. The summed E-state index contributed by atoms with van der Waals surface area (Å²) in [5.74, 6) is 1.50. The normalized spacial score (nSPS) is 18.0. The van der Waals surface area contributed by atoms with Crippen LogP contribution in [0.25, 0.3) is 0 Å². The van der Waals surface area contributed by atoms with Crippen molar-refractivity contribution in [2.24, 2.45) is 0 Å². The smallest absolute Gasteiger partial charge is 0.252 e. The van der Waals surface area contributed by atoms with Crippen molar-refractivity contribution >= 4 is 5.95 Å². The van der Waals surface area contributed by atoms with E-state index in [1.54, 1.807) is 6.07 Å². The summed E-state index contributed by atoms with van der Waals surface area (Å²) in [6.45, 7) is 7.53. The second kappa shape index (κ2) is 7.59. The first-order chi connectivity index (χ1) is 12.3. The van der Waals surface area contributed by atoms with Crippen LogP contribution in [0.3, 0.4) is 0 Å². The molecule has 142 valence electrons. The Morgan fingerprint density at radius 1 is 1.35 bits per heavy atom. The number of H-pyrrole nitrogens is 1. The van der Waals surface area contributed by atoms with Crippen LogP contribution in [0.15, 0.2) is 15.4 Å². The number of rotatable bonds is 6. The van der Waals surface area contributed by atoms with Gasteiger partial charge < -0.3 is 9.42 Å². The first-order valence-electron chi connectivity index (χ1n) is 8.95. The number of nitrogens with one attached hydrogen (secondary N) is 1. The third-order valence-corrected chi connectivity index (χ3v) is 5.05. The molecule has 3 heterocycles. The van der Waals surface area contributed by atoms with Gasteiger partial charge in [0.05, 0.1) is 11.4 Å². The average molecular weight is 360 g/mol. The molecule has 0 aromatic carbocycles. The number of likely N-dealkylation sites (tertiary alicyclic amines) is 1. The van der Waals surface area contributed by atoms with E-state index in [2.05, 4.69) is 32.0 Å². The van der Waals surface area contributed by atoms with Gasteiger partial charge in [-0.05, 0) is 27.3 Å². The van der Waals surface area contributed by atoms with Gasteiger partial charge in [0.15, 0.2) is 0 Å². The van der Waals surface area contributed by atoms with Crippen LogP contribution in [0, 0.1) is 13.8 Å². The second-order valence-electron chi connectivity index (χ2n) is 7.35. The molecule has 1 saturated heterocycles. The maximum atomic E-state index is 11.8. The van der Waals surface area contributed by atoms with Crippen molar-refractivity contribution in [3.63, 3.8) is 0 Å². The molecule has 0 aliphatic carbocycles. The number of nitrogens with zero attached hydrogens (tertiary/aromatic N) is 5. The quantitative estimate of drug-likeness (QED) is 0.827. The Kier molecular flexibility index (Phi) is 5.43. The van der Waals surface area contributed by atoms with E-state index < -0.39 is 0 Å². The minimum Gasteiger partial charge on any atom is -0.361 e. The fourth-order valence-corrected chi connectivity index (χ4v) is 3.44. The van der Waals surface area contributed by atoms with E-state index in [0.717, 1.165) is 43.2 Å². The van der Waals surface area contributed by atoms with E-state index in [-0.39, 0.29) is 5.56 Å². The molecule has 2 aromatic rings. The highest BCUT2D eigenvalue weighted by atomic mass is 16.5. The number of anilines is 1. The molecule has 0 bridgehead atoms. The molecule has 1 fully saturated rings. The molecule has 8 nitrogen and oxygen atoms in total. The van der Waals surface area contributed by atoms with Crippen molar-refractivity contribution in [1.82, 2.24) is 24.9 Å². The fraction of sp³-hybridized carbons (Fsp3) is 0.611. The van der Waals surface area contributed by atoms with E-state index >= 15 is 0 Å². The Balaban J connectivity index is 1.61. The molecule has 0 saturated carbocycles. The number of aromatic amines is 1. The number of hydrogen-bond acceptors (Lipinski definition) is 7. The van der Waals surface area contributed by atoms with E-state index in [1.165, 1.54) is 5.56 Å². The molecule has 1 atom stereocenters. The highest BCUT2D eigenvalue weighted by molar-refractivity contribution is 5.27. The van der Waals surface area contributed by atoms with Crippen molar-refractivity contribution in [2.45, 2.75) is 39.4 Å². The maximum absolute atomic E-state index is 11.8. The molecule has 8 heteroatoms. The summed E-state index contributed by atoms with van der Waals surface area (Å²) in [7, 11) is 5.84. The van der Waals surface area contributed by atoms with Gasteiger partial charge >= 0.3 is 0 Å². The summed E-state index contributed by atoms with van der Waals surface area (Å²) >= 11 is 0. The first kappa shape index (κ1) is 18.6. The summed E-state index contributed by atoms with van der Waals surface area (Å²) in [6.07, 6.45) is 1.10. The first-order valence-corrected chi connectivity index (χ1v) is 8.95. The number of aromatic nitrogens is 3. The maximum Gasteiger partial charge on any atom is 0.252 e. The van der Waals surface area contributed by atoms with Crippen molar-refractivity contribution in [1.29, 1.82) is 0 Å². The minimum atomic E-state index is -0.112. The van der Waals surface area contributed by atoms with Gasteiger partial charge in [0.1, 0.15) is 5.76 Å². The molecule has 0 radical (unpaired) electrons. The van der Waals surface area contributed by atoms with Gasteiger partial charge in [-0.3, -0.25) is 19.6 Å². The molecule has 3 rings (SSSR count). The van der Waals surface area contributed by atoms with Crippen molar-refractivity contribution in [2.75, 3.05) is 39.1 Å². The number of hydrogen-bond donors (Lipinski definition) is 1. The monoisotopic (exact) mass is 360 g/mol. The zero-order chi connectivity index (χ0) is 18.8. The fourth-order valence-electron chi connectivity index (χ4n) is 3.44. The summed E-state index contributed by atoms with van der Waals surface area (Å²) in [4.78, 5) is 25.7. The van der Waals surface area contributed by atoms with Gasteiger partial charge in [0.25, 0.3) is 5.56 Å². The number of aryl methyl sites for hydroxylation is 2. The Hall–Kier alpha value is -2.19. The highest BCUT2D eigenvalue weighted by Gasteiger charge is 2.27. The van der Waals surface area contributed by atoms with Crippen LogP contribution in [0.5, 0.6) is 0 Å². The Bertz CT molecular complexity index is 793. The lowest BCUT2D eigenvalue weighted by Crippen LogP contribution is -2.34. The van der Waals surface area contributed by atoms with Crippen LogP contribution in [-0.4, -0.2) is 65.2 Å². The molecule has 2 aromatic heterocycles. The number of likely N-dealkylation sites (N-methyl/N-ethyl adjacent to an activating group) is 1. The van der Waals surface area contributed by atoms with Crippen LogP contribution in [0.4, 0.5) is 5.95 Å². The van der Waals surface area contributed by atoms with Gasteiger partial charge in [-0.2, -0.15) is 0 Å². The summed E-state index contributed by atoms with van der Waals surface area (Å²) in [5, 5.41) is 4.04. The lowest BCUT2D eigenvalue weighted by atomic mass is 10.2. The van der Waals surface area contributed by atoms with E-state index in [1.807, 2.05) is 32.8 Å². The third-order valence-electron chi connectivity index (χ3n) is 5.05. The zero-order valence-corrected chi connectivity index (χ0v) is 16.2. The molecule has 1 aliphatic heterocycles. The van der Waals surface area contributed by atoms with Gasteiger partial charge in [-0.1, -0.05) is 5.16 Å². The molecule has 1 aliphatic rings. The topological polar surface area (TPSA) is 81.5 Å². The van der Waals surface area contributed by atoms with Crippen molar-refractivity contribution in [3.05, 3.63) is 39.1 Å². The van der Waals surface area contributed by atoms with Crippen LogP contribution in [-0.2, 0) is 13.1 Å². The summed E-state index contributed by atoms with van der Waals surface area (Å²) < 4.78 is 5.27. The van der Waals surface area contributed by atoms with Gasteiger partial charge in [0, 0.05) is 57.9 Å². The van der Waals surface area contributed by atoms with Crippen molar-refractivity contribution in [3.8, 4) is 0 Å². The molecule has 0 spiro atoms.